The number of esters is 1. The lowest BCUT2D eigenvalue weighted by molar-refractivity contribution is -0.156. The molecule has 1 amide bonds. The highest BCUT2D eigenvalue weighted by Crippen LogP contribution is 2.12. The summed E-state index contributed by atoms with van der Waals surface area (Å²) in [6, 6.07) is 7.93. The van der Waals surface area contributed by atoms with Crippen molar-refractivity contribution in [3.8, 4) is 0 Å². The molecule has 0 bridgehead atoms. The lowest BCUT2D eigenvalue weighted by Crippen LogP contribution is -2.49. The first kappa shape index (κ1) is 19.4. The van der Waals surface area contributed by atoms with Gasteiger partial charge in [-0.25, -0.2) is 0 Å². The molecule has 2 rings (SSSR count). The Balaban J connectivity index is 1.71. The number of piperazine rings is 1. The van der Waals surface area contributed by atoms with E-state index in [4.69, 9.17) is 4.74 Å². The molecule has 1 aromatic carbocycles. The van der Waals surface area contributed by atoms with E-state index in [1.54, 1.807) is 0 Å². The maximum Gasteiger partial charge on any atom is 0.320 e. The molecule has 1 heterocycles. The Kier molecular flexibility index (Phi) is 6.96. The van der Waals surface area contributed by atoms with Crippen molar-refractivity contribution < 1.29 is 14.3 Å². The molecule has 6 heteroatoms. The average molecular weight is 347 g/mol. The van der Waals surface area contributed by atoms with Gasteiger partial charge in [-0.05, 0) is 44.9 Å². The van der Waals surface area contributed by atoms with Crippen molar-refractivity contribution in [2.75, 3.05) is 44.6 Å². The van der Waals surface area contributed by atoms with E-state index >= 15 is 0 Å². The second kappa shape index (κ2) is 8.97. The Morgan fingerprint density at radius 3 is 2.52 bits per heavy atom. The highest BCUT2D eigenvalue weighted by Gasteiger charge is 2.22. The lowest BCUT2D eigenvalue weighted by Gasteiger charge is -2.34. The number of rotatable bonds is 7. The molecule has 0 aliphatic carbocycles. The zero-order valence-corrected chi connectivity index (χ0v) is 15.5. The van der Waals surface area contributed by atoms with E-state index in [9.17, 15) is 9.59 Å². The summed E-state index contributed by atoms with van der Waals surface area (Å²) in [4.78, 5) is 27.0. The van der Waals surface area contributed by atoms with Crippen molar-refractivity contribution in [1.29, 1.82) is 0 Å². The van der Waals surface area contributed by atoms with E-state index in [1.165, 1.54) is 5.56 Å². The van der Waals surface area contributed by atoms with Crippen LogP contribution in [-0.2, 0) is 20.7 Å². The number of amides is 1. The molecule has 1 fully saturated rings. The van der Waals surface area contributed by atoms with Gasteiger partial charge < -0.3 is 15.0 Å². The van der Waals surface area contributed by atoms with Crippen LogP contribution in [-0.4, -0.2) is 67.0 Å². The van der Waals surface area contributed by atoms with Crippen LogP contribution in [0.25, 0.3) is 0 Å². The summed E-state index contributed by atoms with van der Waals surface area (Å²) >= 11 is 0. The van der Waals surface area contributed by atoms with Gasteiger partial charge in [-0.3, -0.25) is 14.5 Å². The first-order chi connectivity index (χ1) is 11.9. The first-order valence-corrected chi connectivity index (χ1v) is 8.81. The number of nitrogens with zero attached hydrogens (tertiary/aromatic N) is 2. The summed E-state index contributed by atoms with van der Waals surface area (Å²) in [6.45, 7) is 10.7. The molecule has 25 heavy (non-hydrogen) atoms. The third-order valence-electron chi connectivity index (χ3n) is 4.11. The minimum atomic E-state index is -0.424. The molecule has 1 aromatic rings. The molecule has 0 aromatic heterocycles. The summed E-state index contributed by atoms with van der Waals surface area (Å²) in [7, 11) is 0. The van der Waals surface area contributed by atoms with E-state index in [-0.39, 0.29) is 5.97 Å². The van der Waals surface area contributed by atoms with Gasteiger partial charge in [-0.15, -0.1) is 0 Å². The van der Waals surface area contributed by atoms with E-state index in [2.05, 4.69) is 21.2 Å². The van der Waals surface area contributed by atoms with E-state index in [1.807, 2.05) is 39.0 Å². The van der Waals surface area contributed by atoms with Crippen LogP contribution in [0.15, 0.2) is 24.3 Å². The van der Waals surface area contributed by atoms with Crippen molar-refractivity contribution in [2.45, 2.75) is 32.8 Å². The number of nitrogens with one attached hydrogen (secondary N) is 1. The maximum absolute atomic E-state index is 11.9. The van der Waals surface area contributed by atoms with Crippen molar-refractivity contribution >= 4 is 18.1 Å². The van der Waals surface area contributed by atoms with Gasteiger partial charge in [-0.1, -0.05) is 12.1 Å². The summed E-state index contributed by atoms with van der Waals surface area (Å²) in [6.07, 6.45) is 1.64. The molecule has 0 saturated carbocycles. The molecule has 0 atom stereocenters. The van der Waals surface area contributed by atoms with E-state index in [0.29, 0.717) is 13.0 Å². The fraction of sp³-hybridized carbons (Fsp3) is 0.579. The fourth-order valence-corrected chi connectivity index (χ4v) is 2.90. The molecule has 0 unspecified atom stereocenters. The Morgan fingerprint density at radius 1 is 1.20 bits per heavy atom. The molecule has 0 spiro atoms. The monoisotopic (exact) mass is 347 g/mol. The van der Waals surface area contributed by atoms with Gasteiger partial charge in [-0.2, -0.15) is 0 Å². The number of carbonyl (C=O) groups is 2. The first-order valence-electron chi connectivity index (χ1n) is 8.81. The van der Waals surface area contributed by atoms with Crippen LogP contribution in [0.4, 0.5) is 5.69 Å². The van der Waals surface area contributed by atoms with E-state index < -0.39 is 5.60 Å². The van der Waals surface area contributed by atoms with Gasteiger partial charge in [0, 0.05) is 38.4 Å². The number of hydrogen-bond donors (Lipinski definition) is 1. The smallest absolute Gasteiger partial charge is 0.320 e. The van der Waals surface area contributed by atoms with Crippen LogP contribution in [0.1, 0.15) is 26.3 Å². The van der Waals surface area contributed by atoms with Crippen LogP contribution in [0.3, 0.4) is 0 Å². The molecule has 1 aliphatic heterocycles. The highest BCUT2D eigenvalue weighted by atomic mass is 16.6. The zero-order valence-electron chi connectivity index (χ0n) is 15.5. The van der Waals surface area contributed by atoms with Crippen LogP contribution in [0.5, 0.6) is 0 Å². The number of ether oxygens (including phenoxy) is 1. The average Bonchev–Trinajstić information content (AvgIpc) is 2.53. The zero-order chi connectivity index (χ0) is 18.3. The SMILES string of the molecule is CC(C)(C)OC(=O)CN1CCN(CCc2cccc(NC=O)c2)CC1. The van der Waals surface area contributed by atoms with Gasteiger partial charge in [0.15, 0.2) is 0 Å². The van der Waals surface area contributed by atoms with Gasteiger partial charge in [0.05, 0.1) is 6.54 Å². The molecule has 1 aliphatic rings. The predicted molar refractivity (Wildman–Crippen MR) is 98.6 cm³/mol. The predicted octanol–water partition coefficient (Wildman–Crippen LogP) is 1.76. The minimum absolute atomic E-state index is 0.152. The summed E-state index contributed by atoms with van der Waals surface area (Å²) in [5, 5.41) is 2.68. The molecule has 6 nitrogen and oxygen atoms in total. The van der Waals surface area contributed by atoms with Crippen LogP contribution >= 0.6 is 0 Å². The standard InChI is InChI=1S/C19H29N3O3/c1-19(2,3)25-18(24)14-22-11-9-21(10-12-22)8-7-16-5-4-6-17(13-16)20-15-23/h4-6,13,15H,7-12,14H2,1-3H3,(H,20,23). The molecule has 0 radical (unpaired) electrons. The van der Waals surface area contributed by atoms with Gasteiger partial charge in [0.25, 0.3) is 0 Å². The Hall–Kier alpha value is -1.92. The summed E-state index contributed by atoms with van der Waals surface area (Å²) in [5.41, 5.74) is 1.62. The fourth-order valence-electron chi connectivity index (χ4n) is 2.90. The normalized spacial score (nSPS) is 16.4. The number of hydrogen-bond acceptors (Lipinski definition) is 5. The second-order valence-corrected chi connectivity index (χ2v) is 7.42. The molecular formula is C19H29N3O3. The molecule has 138 valence electrons. The van der Waals surface area contributed by atoms with Gasteiger partial charge >= 0.3 is 5.97 Å². The third kappa shape index (κ3) is 7.23. The van der Waals surface area contributed by atoms with Crippen LogP contribution in [0.2, 0.25) is 0 Å². The van der Waals surface area contributed by atoms with Crippen molar-refractivity contribution in [3.63, 3.8) is 0 Å². The molecular weight excluding hydrogens is 318 g/mol. The summed E-state index contributed by atoms with van der Waals surface area (Å²) in [5.74, 6) is -0.152. The molecule has 1 N–H and O–H groups in total. The number of benzene rings is 1. The largest absolute Gasteiger partial charge is 0.459 e. The Morgan fingerprint density at radius 2 is 1.88 bits per heavy atom. The number of anilines is 1. The van der Waals surface area contributed by atoms with E-state index in [0.717, 1.165) is 44.8 Å². The van der Waals surface area contributed by atoms with Gasteiger partial charge in [0.1, 0.15) is 5.60 Å². The Labute approximate surface area is 150 Å². The topological polar surface area (TPSA) is 61.9 Å². The van der Waals surface area contributed by atoms with Crippen molar-refractivity contribution in [1.82, 2.24) is 9.80 Å². The Bertz CT molecular complexity index is 576. The third-order valence-corrected chi connectivity index (χ3v) is 4.11. The maximum atomic E-state index is 11.9. The minimum Gasteiger partial charge on any atom is -0.459 e. The van der Waals surface area contributed by atoms with Crippen molar-refractivity contribution in [3.05, 3.63) is 29.8 Å². The molecule has 1 saturated heterocycles. The van der Waals surface area contributed by atoms with Gasteiger partial charge in [0.2, 0.25) is 6.41 Å². The second-order valence-electron chi connectivity index (χ2n) is 7.42. The summed E-state index contributed by atoms with van der Waals surface area (Å²) < 4.78 is 5.38. The quantitative estimate of drug-likeness (QED) is 0.601. The highest BCUT2D eigenvalue weighted by molar-refractivity contribution is 5.72. The lowest BCUT2D eigenvalue weighted by atomic mass is 10.1. The van der Waals surface area contributed by atoms with Crippen molar-refractivity contribution in [2.24, 2.45) is 0 Å². The van der Waals surface area contributed by atoms with Crippen LogP contribution < -0.4 is 5.32 Å². The number of carbonyl (C=O) groups excluding carboxylic acids is 2. The van der Waals surface area contributed by atoms with Crippen LogP contribution in [0, 0.1) is 0 Å².